The molecule has 0 saturated carbocycles. The zero-order valence-electron chi connectivity index (χ0n) is 11.0. The van der Waals surface area contributed by atoms with E-state index in [9.17, 15) is 13.2 Å². The first-order valence-corrected chi connectivity index (χ1v) is 6.50. The van der Waals surface area contributed by atoms with Gasteiger partial charge in [0.05, 0.1) is 20.3 Å². The Balaban J connectivity index is 2.34. The maximum absolute atomic E-state index is 11.8. The van der Waals surface area contributed by atoms with Crippen LogP contribution in [-0.4, -0.2) is 33.1 Å². The molecule has 0 radical (unpaired) electrons. The van der Waals surface area contributed by atoms with E-state index in [1.807, 2.05) is 6.07 Å². The summed E-state index contributed by atoms with van der Waals surface area (Å²) in [7, 11) is 1.51. The van der Waals surface area contributed by atoms with E-state index in [-0.39, 0.29) is 13.2 Å². The van der Waals surface area contributed by atoms with E-state index in [2.05, 4.69) is 4.74 Å². The molecule has 0 bridgehead atoms. The minimum absolute atomic E-state index is 0.0168. The summed E-state index contributed by atoms with van der Waals surface area (Å²) < 4.78 is 50.5. The summed E-state index contributed by atoms with van der Waals surface area (Å²) in [5.74, 6) is 1.41. The predicted molar refractivity (Wildman–Crippen MR) is 69.5 cm³/mol. The quantitative estimate of drug-likeness (QED) is 0.540. The Morgan fingerprint density at radius 3 is 2.50 bits per heavy atom. The Hall–Kier alpha value is -1.14. The Labute approximate surface area is 120 Å². The van der Waals surface area contributed by atoms with Crippen molar-refractivity contribution >= 4 is 11.6 Å². The van der Waals surface area contributed by atoms with Crippen LogP contribution in [0.1, 0.15) is 12.0 Å². The van der Waals surface area contributed by atoms with Crippen molar-refractivity contribution in [3.8, 4) is 11.5 Å². The van der Waals surface area contributed by atoms with E-state index in [4.69, 9.17) is 21.1 Å². The molecule has 3 nitrogen and oxygen atoms in total. The molecular formula is C13H16ClF3O3. The normalized spacial score (nSPS) is 11.4. The van der Waals surface area contributed by atoms with Crippen LogP contribution < -0.4 is 9.47 Å². The van der Waals surface area contributed by atoms with Crippen LogP contribution in [0.2, 0.25) is 0 Å². The summed E-state index contributed by atoms with van der Waals surface area (Å²) >= 11 is 5.72. The monoisotopic (exact) mass is 312 g/mol. The summed E-state index contributed by atoms with van der Waals surface area (Å²) in [4.78, 5) is 0. The molecule has 1 aromatic carbocycles. The third-order valence-corrected chi connectivity index (χ3v) is 2.65. The number of rotatable bonds is 8. The summed E-state index contributed by atoms with van der Waals surface area (Å²) in [5, 5.41) is 0. The number of methoxy groups -OCH3 is 1. The van der Waals surface area contributed by atoms with Gasteiger partial charge in [-0.3, -0.25) is 0 Å². The lowest BCUT2D eigenvalue weighted by atomic mass is 10.2. The number of hydrogen-bond acceptors (Lipinski definition) is 3. The van der Waals surface area contributed by atoms with E-state index in [1.165, 1.54) is 7.11 Å². The van der Waals surface area contributed by atoms with Gasteiger partial charge in [0.25, 0.3) is 0 Å². The highest BCUT2D eigenvalue weighted by molar-refractivity contribution is 6.17. The molecule has 0 aromatic heterocycles. The molecule has 0 fully saturated rings. The molecule has 114 valence electrons. The summed E-state index contributed by atoms with van der Waals surface area (Å²) in [6, 6.07) is 5.28. The van der Waals surface area contributed by atoms with Gasteiger partial charge in [-0.1, -0.05) is 6.07 Å². The molecule has 0 heterocycles. The number of hydrogen-bond donors (Lipinski definition) is 0. The van der Waals surface area contributed by atoms with Crippen LogP contribution in [-0.2, 0) is 10.6 Å². The second-order valence-corrected chi connectivity index (χ2v) is 4.26. The van der Waals surface area contributed by atoms with E-state index in [0.29, 0.717) is 23.8 Å². The topological polar surface area (TPSA) is 27.7 Å². The molecule has 1 aromatic rings. The number of alkyl halides is 4. The van der Waals surface area contributed by atoms with Crippen molar-refractivity contribution in [1.29, 1.82) is 0 Å². The zero-order chi connectivity index (χ0) is 15.0. The van der Waals surface area contributed by atoms with E-state index < -0.39 is 12.8 Å². The largest absolute Gasteiger partial charge is 0.493 e. The minimum Gasteiger partial charge on any atom is -0.493 e. The number of halogens is 4. The molecule has 0 atom stereocenters. The second-order valence-electron chi connectivity index (χ2n) is 3.99. The SMILES string of the molecule is COc1ccc(CCl)cc1OCCCOCC(F)(F)F. The average molecular weight is 313 g/mol. The van der Waals surface area contributed by atoms with E-state index >= 15 is 0 Å². The fraction of sp³-hybridized carbons (Fsp3) is 0.538. The molecule has 0 amide bonds. The molecule has 0 saturated heterocycles. The highest BCUT2D eigenvalue weighted by atomic mass is 35.5. The van der Waals surface area contributed by atoms with Crippen molar-refractivity contribution in [3.63, 3.8) is 0 Å². The molecular weight excluding hydrogens is 297 g/mol. The highest BCUT2D eigenvalue weighted by Gasteiger charge is 2.27. The van der Waals surface area contributed by atoms with Crippen LogP contribution in [0.5, 0.6) is 11.5 Å². The van der Waals surface area contributed by atoms with E-state index in [1.54, 1.807) is 12.1 Å². The molecule has 0 aliphatic rings. The van der Waals surface area contributed by atoms with Crippen molar-refractivity contribution in [2.45, 2.75) is 18.5 Å². The third-order valence-electron chi connectivity index (χ3n) is 2.34. The van der Waals surface area contributed by atoms with Gasteiger partial charge in [-0.05, 0) is 17.7 Å². The lowest BCUT2D eigenvalue weighted by molar-refractivity contribution is -0.174. The number of benzene rings is 1. The maximum atomic E-state index is 11.8. The van der Waals surface area contributed by atoms with Crippen LogP contribution in [0, 0.1) is 0 Å². The Bertz CT molecular complexity index is 410. The van der Waals surface area contributed by atoms with Gasteiger partial charge in [0, 0.05) is 12.3 Å². The Kier molecular flexibility index (Phi) is 6.95. The smallest absolute Gasteiger partial charge is 0.411 e. The lowest BCUT2D eigenvalue weighted by Gasteiger charge is -2.12. The Morgan fingerprint density at radius 1 is 1.15 bits per heavy atom. The average Bonchev–Trinajstić information content (AvgIpc) is 2.41. The fourth-order valence-electron chi connectivity index (χ4n) is 1.45. The third kappa shape index (κ3) is 6.34. The summed E-state index contributed by atoms with van der Waals surface area (Å²) in [6.07, 6.45) is -3.94. The van der Waals surface area contributed by atoms with Crippen LogP contribution in [0.4, 0.5) is 13.2 Å². The van der Waals surface area contributed by atoms with Gasteiger partial charge in [0.1, 0.15) is 6.61 Å². The number of ether oxygens (including phenoxy) is 3. The molecule has 0 N–H and O–H groups in total. The van der Waals surface area contributed by atoms with Gasteiger partial charge in [0.15, 0.2) is 11.5 Å². The predicted octanol–water partition coefficient (Wildman–Crippen LogP) is 3.78. The van der Waals surface area contributed by atoms with Crippen molar-refractivity contribution in [1.82, 2.24) is 0 Å². The molecule has 0 spiro atoms. The molecule has 1 rings (SSSR count). The van der Waals surface area contributed by atoms with Gasteiger partial charge < -0.3 is 14.2 Å². The molecule has 7 heteroatoms. The van der Waals surface area contributed by atoms with Crippen LogP contribution in [0.15, 0.2) is 18.2 Å². The summed E-state index contributed by atoms with van der Waals surface area (Å²) in [6.45, 7) is -1.02. The molecule has 0 aliphatic carbocycles. The van der Waals surface area contributed by atoms with Crippen molar-refractivity contribution in [2.24, 2.45) is 0 Å². The van der Waals surface area contributed by atoms with Gasteiger partial charge in [-0.2, -0.15) is 13.2 Å². The zero-order valence-corrected chi connectivity index (χ0v) is 11.8. The second kappa shape index (κ2) is 8.21. The van der Waals surface area contributed by atoms with Gasteiger partial charge in [0.2, 0.25) is 0 Å². The Morgan fingerprint density at radius 2 is 1.90 bits per heavy atom. The summed E-state index contributed by atoms with van der Waals surface area (Å²) in [5.41, 5.74) is 0.871. The first-order chi connectivity index (χ1) is 9.46. The van der Waals surface area contributed by atoms with Gasteiger partial charge in [-0.25, -0.2) is 0 Å². The van der Waals surface area contributed by atoms with E-state index in [0.717, 1.165) is 5.56 Å². The van der Waals surface area contributed by atoms with Crippen molar-refractivity contribution < 1.29 is 27.4 Å². The maximum Gasteiger partial charge on any atom is 0.411 e. The first kappa shape index (κ1) is 16.9. The van der Waals surface area contributed by atoms with Crippen LogP contribution >= 0.6 is 11.6 Å². The van der Waals surface area contributed by atoms with Crippen molar-refractivity contribution in [2.75, 3.05) is 26.9 Å². The molecule has 20 heavy (non-hydrogen) atoms. The first-order valence-electron chi connectivity index (χ1n) is 5.96. The van der Waals surface area contributed by atoms with Crippen molar-refractivity contribution in [3.05, 3.63) is 23.8 Å². The van der Waals surface area contributed by atoms with Gasteiger partial charge >= 0.3 is 6.18 Å². The minimum atomic E-state index is -4.29. The van der Waals surface area contributed by atoms with Crippen LogP contribution in [0.3, 0.4) is 0 Å². The standard InChI is InChI=1S/C13H16ClF3O3/c1-18-11-4-3-10(8-14)7-12(11)20-6-2-5-19-9-13(15,16)17/h3-4,7H,2,5-6,8-9H2,1H3. The fourth-order valence-corrected chi connectivity index (χ4v) is 1.61. The van der Waals surface area contributed by atoms with Gasteiger partial charge in [-0.15, -0.1) is 11.6 Å². The highest BCUT2D eigenvalue weighted by Crippen LogP contribution is 2.28. The lowest BCUT2D eigenvalue weighted by Crippen LogP contribution is -2.18. The molecule has 0 unspecified atom stereocenters. The van der Waals surface area contributed by atoms with Crippen LogP contribution in [0.25, 0.3) is 0 Å². The molecule has 0 aliphatic heterocycles.